The molecule has 204 valence electrons. The van der Waals surface area contributed by atoms with Gasteiger partial charge in [0.2, 0.25) is 0 Å². The predicted octanol–water partition coefficient (Wildman–Crippen LogP) is 1.11. The molecule has 1 unspecified atom stereocenters. The molecule has 37 heavy (non-hydrogen) atoms. The zero-order chi connectivity index (χ0) is 27.5. The van der Waals surface area contributed by atoms with Crippen LogP contribution >= 0.6 is 7.75 Å². The van der Waals surface area contributed by atoms with Crippen molar-refractivity contribution in [3.63, 3.8) is 0 Å². The van der Waals surface area contributed by atoms with E-state index in [4.69, 9.17) is 24.3 Å². The van der Waals surface area contributed by atoms with Crippen molar-refractivity contribution in [2.24, 2.45) is 0 Å². The molecule has 1 aromatic heterocycles. The number of esters is 1. The number of aliphatic hydroxyl groups is 2. The fraction of sp³-hybridized carbons (Fsp3) is 0.500. The summed E-state index contributed by atoms with van der Waals surface area (Å²) in [6.45, 7) is 5.22. The summed E-state index contributed by atoms with van der Waals surface area (Å²) in [5.74, 6) is -2.25. The molecule has 0 bridgehead atoms. The van der Waals surface area contributed by atoms with Crippen LogP contribution in [0, 0.1) is 5.82 Å². The van der Waals surface area contributed by atoms with E-state index in [-0.39, 0.29) is 5.75 Å². The highest BCUT2D eigenvalue weighted by Crippen LogP contribution is 2.47. The summed E-state index contributed by atoms with van der Waals surface area (Å²) in [5.41, 5.74) is 2.15. The van der Waals surface area contributed by atoms with Gasteiger partial charge in [-0.2, -0.15) is 10.1 Å². The molecule has 1 saturated heterocycles. The number of rotatable bonds is 10. The molecule has 0 spiro atoms. The van der Waals surface area contributed by atoms with Gasteiger partial charge in [0, 0.05) is 0 Å². The summed E-state index contributed by atoms with van der Waals surface area (Å²) in [7, 11) is -4.31. The quantitative estimate of drug-likeness (QED) is 0.247. The van der Waals surface area contributed by atoms with Gasteiger partial charge in [-0.3, -0.25) is 13.9 Å². The molecule has 13 nitrogen and oxygen atoms in total. The Bertz CT molecular complexity index is 1210. The molecule has 1 fully saturated rings. The Balaban J connectivity index is 1.81. The number of nitrogens with zero attached hydrogens (tertiary/aromatic N) is 2. The molecular formula is C22H30FN4O9P. The summed E-state index contributed by atoms with van der Waals surface area (Å²) in [4.78, 5) is 27.8. The highest BCUT2D eigenvalue weighted by atomic mass is 31.2. The predicted molar refractivity (Wildman–Crippen MR) is 128 cm³/mol. The van der Waals surface area contributed by atoms with E-state index < -0.39 is 73.8 Å². The van der Waals surface area contributed by atoms with Crippen molar-refractivity contribution >= 4 is 19.5 Å². The van der Waals surface area contributed by atoms with Crippen molar-refractivity contribution in [3.8, 4) is 5.75 Å². The van der Waals surface area contributed by atoms with Crippen molar-refractivity contribution < 1.29 is 42.5 Å². The van der Waals surface area contributed by atoms with E-state index >= 15 is 0 Å². The van der Waals surface area contributed by atoms with Crippen LogP contribution in [-0.4, -0.2) is 62.3 Å². The number of para-hydroxylation sites is 1. The van der Waals surface area contributed by atoms with Gasteiger partial charge in [0.15, 0.2) is 17.9 Å². The minimum absolute atomic E-state index is 0.149. The largest absolute Gasteiger partial charge is 0.462 e. The van der Waals surface area contributed by atoms with Gasteiger partial charge in [0.05, 0.1) is 18.9 Å². The smallest absolute Gasteiger partial charge is 0.459 e. The lowest BCUT2D eigenvalue weighted by molar-refractivity contribution is -0.149. The minimum Gasteiger partial charge on any atom is -0.462 e. The lowest BCUT2D eigenvalue weighted by Gasteiger charge is -2.27. The SMILES string of the molecule is CC(C)OC(=O)[C@@H](C)NP(=O)(OC[C@H]1O[C@@H](n2cc(F)c(N)nc2=O)[C@](C)(O)[C@@H]1O)Oc1ccccc1. The Hall–Kier alpha value is -2.87. The number of aromatic nitrogens is 2. The van der Waals surface area contributed by atoms with Crippen LogP contribution in [0.1, 0.15) is 33.9 Å². The first-order valence-electron chi connectivity index (χ1n) is 11.3. The number of aliphatic hydroxyl groups excluding tert-OH is 1. The summed E-state index contributed by atoms with van der Waals surface area (Å²) < 4.78 is 49.9. The van der Waals surface area contributed by atoms with E-state index in [0.29, 0.717) is 10.8 Å². The first kappa shape index (κ1) is 28.7. The van der Waals surface area contributed by atoms with E-state index in [1.807, 2.05) is 0 Å². The zero-order valence-corrected chi connectivity index (χ0v) is 21.5. The highest BCUT2D eigenvalue weighted by Gasteiger charge is 2.54. The molecule has 2 aromatic rings. The monoisotopic (exact) mass is 544 g/mol. The standard InChI is InChI=1S/C22H30FN4O9P/c1-12(2)34-19(29)13(3)26-37(32,36-14-8-6-5-7-9-14)33-11-16-17(28)22(4,31)20(35-16)27-10-15(23)18(24)25-21(27)30/h5-10,12-13,16-17,20,28,31H,11H2,1-4H3,(H,26,32)(H2,24,25,30)/t13-,16-,17-,20-,22-,37?/m1/s1. The number of nitrogens with one attached hydrogen (secondary N) is 1. The van der Waals surface area contributed by atoms with Crippen LogP contribution in [0.4, 0.5) is 10.2 Å². The number of halogens is 1. The van der Waals surface area contributed by atoms with Gasteiger partial charge in [-0.25, -0.2) is 13.8 Å². The van der Waals surface area contributed by atoms with E-state index in [1.165, 1.54) is 19.1 Å². The lowest BCUT2D eigenvalue weighted by atomic mass is 9.96. The number of benzene rings is 1. The second-order valence-corrected chi connectivity index (χ2v) is 10.6. The third-order valence-electron chi connectivity index (χ3n) is 5.38. The Labute approximate surface area is 211 Å². The van der Waals surface area contributed by atoms with Crippen LogP contribution in [0.15, 0.2) is 41.3 Å². The number of anilines is 1. The third-order valence-corrected chi connectivity index (χ3v) is 7.02. The molecule has 3 rings (SSSR count). The summed E-state index contributed by atoms with van der Waals surface area (Å²) in [6, 6.07) is 6.84. The Morgan fingerprint density at radius 1 is 1.35 bits per heavy atom. The van der Waals surface area contributed by atoms with Crippen molar-refractivity contribution in [2.75, 3.05) is 12.3 Å². The van der Waals surface area contributed by atoms with Crippen LogP contribution in [0.5, 0.6) is 5.75 Å². The molecule has 5 N–H and O–H groups in total. The maximum absolute atomic E-state index is 14.0. The number of nitrogens with two attached hydrogens (primary N) is 1. The number of hydrogen-bond acceptors (Lipinski definition) is 11. The third kappa shape index (κ3) is 6.72. The normalized spacial score (nSPS) is 26.0. The van der Waals surface area contributed by atoms with E-state index in [1.54, 1.807) is 32.0 Å². The van der Waals surface area contributed by atoms with Gasteiger partial charge in [0.25, 0.3) is 0 Å². The fourth-order valence-corrected chi connectivity index (χ4v) is 5.01. The van der Waals surface area contributed by atoms with E-state index in [9.17, 15) is 28.8 Å². The molecule has 0 radical (unpaired) electrons. The van der Waals surface area contributed by atoms with E-state index in [0.717, 1.165) is 6.92 Å². The maximum Gasteiger partial charge on any atom is 0.459 e. The summed E-state index contributed by atoms with van der Waals surface area (Å²) >= 11 is 0. The molecule has 1 aliphatic rings. The molecule has 0 amide bonds. The van der Waals surface area contributed by atoms with Crippen LogP contribution < -0.4 is 21.0 Å². The topological polar surface area (TPSA) is 184 Å². The van der Waals surface area contributed by atoms with Gasteiger partial charge in [0.1, 0.15) is 29.6 Å². The van der Waals surface area contributed by atoms with Crippen molar-refractivity contribution in [1.29, 1.82) is 0 Å². The summed E-state index contributed by atoms with van der Waals surface area (Å²) in [6.07, 6.45) is -4.37. The molecule has 1 aromatic carbocycles. The van der Waals surface area contributed by atoms with Crippen molar-refractivity contribution in [2.45, 2.75) is 63.9 Å². The second kappa shape index (κ2) is 11.3. The number of carbonyl (C=O) groups excluding carboxylic acids is 1. The maximum atomic E-state index is 14.0. The Kier molecular flexibility index (Phi) is 8.73. The molecule has 0 saturated carbocycles. The number of nitrogen functional groups attached to an aromatic ring is 1. The van der Waals surface area contributed by atoms with Gasteiger partial charge in [-0.05, 0) is 39.8 Å². The van der Waals surface area contributed by atoms with Crippen molar-refractivity contribution in [3.05, 3.63) is 52.8 Å². The first-order valence-corrected chi connectivity index (χ1v) is 12.9. The molecule has 2 heterocycles. The molecule has 15 heteroatoms. The minimum atomic E-state index is -4.31. The lowest BCUT2D eigenvalue weighted by Crippen LogP contribution is -2.46. The Morgan fingerprint density at radius 2 is 2.00 bits per heavy atom. The second-order valence-electron chi connectivity index (χ2n) is 8.90. The van der Waals surface area contributed by atoms with Gasteiger partial charge >= 0.3 is 19.4 Å². The van der Waals surface area contributed by atoms with Crippen LogP contribution in [0.25, 0.3) is 0 Å². The van der Waals surface area contributed by atoms with Gasteiger partial charge in [-0.15, -0.1) is 0 Å². The molecular weight excluding hydrogens is 514 g/mol. The number of hydrogen-bond donors (Lipinski definition) is 4. The number of ether oxygens (including phenoxy) is 2. The van der Waals surface area contributed by atoms with Crippen LogP contribution in [0.3, 0.4) is 0 Å². The van der Waals surface area contributed by atoms with Gasteiger partial charge < -0.3 is 29.9 Å². The first-order chi connectivity index (χ1) is 17.2. The summed E-state index contributed by atoms with van der Waals surface area (Å²) in [5, 5.41) is 24.0. The number of carbonyl (C=O) groups is 1. The van der Waals surface area contributed by atoms with Crippen LogP contribution in [-0.2, 0) is 23.4 Å². The fourth-order valence-electron chi connectivity index (χ4n) is 3.51. The highest BCUT2D eigenvalue weighted by molar-refractivity contribution is 7.52. The van der Waals surface area contributed by atoms with Gasteiger partial charge in [-0.1, -0.05) is 18.2 Å². The molecule has 0 aliphatic carbocycles. The average molecular weight is 544 g/mol. The van der Waals surface area contributed by atoms with E-state index in [2.05, 4.69) is 10.1 Å². The van der Waals surface area contributed by atoms with Crippen LogP contribution in [0.2, 0.25) is 0 Å². The zero-order valence-electron chi connectivity index (χ0n) is 20.6. The van der Waals surface area contributed by atoms with Crippen molar-refractivity contribution in [1.82, 2.24) is 14.6 Å². The molecule has 6 atom stereocenters. The Morgan fingerprint density at radius 3 is 2.62 bits per heavy atom. The molecule has 1 aliphatic heterocycles. The average Bonchev–Trinajstić information content (AvgIpc) is 3.03.